The molecule has 214 valence electrons. The lowest BCUT2D eigenvalue weighted by Gasteiger charge is -2.45. The zero-order valence-corrected chi connectivity index (χ0v) is 24.3. The molecule has 0 aliphatic rings. The second-order valence-electron chi connectivity index (χ2n) is 11.4. The molecule has 0 bridgehead atoms. The lowest BCUT2D eigenvalue weighted by atomic mass is 9.90. The fourth-order valence-electron chi connectivity index (χ4n) is 4.09. The van der Waals surface area contributed by atoms with Crippen LogP contribution in [0.5, 0.6) is 5.75 Å². The SMILES string of the molecule is CCCC(C)NC(=O)C(c1cccc(C)c1O)N(C(=O)C(CC(N)=O)NC(=O)OC(C)(C)C)C(C)(C)CC. The molecular weight excluding hydrogens is 488 g/mol. The van der Waals surface area contributed by atoms with Gasteiger partial charge >= 0.3 is 6.09 Å². The predicted molar refractivity (Wildman–Crippen MR) is 146 cm³/mol. The number of carbonyl (C=O) groups excluding carboxylic acids is 4. The minimum absolute atomic E-state index is 0.118. The molecule has 3 atom stereocenters. The molecule has 0 radical (unpaired) electrons. The number of carbonyl (C=O) groups is 4. The van der Waals surface area contributed by atoms with Crippen molar-refractivity contribution in [3.05, 3.63) is 29.3 Å². The molecule has 4 amide bonds. The molecule has 0 heterocycles. The summed E-state index contributed by atoms with van der Waals surface area (Å²) >= 11 is 0. The largest absolute Gasteiger partial charge is 0.507 e. The van der Waals surface area contributed by atoms with Crippen LogP contribution in [0.1, 0.15) is 98.2 Å². The Labute approximate surface area is 226 Å². The van der Waals surface area contributed by atoms with Crippen molar-refractivity contribution < 1.29 is 29.0 Å². The first kappa shape index (κ1) is 32.7. The van der Waals surface area contributed by atoms with Gasteiger partial charge in [0, 0.05) is 17.1 Å². The number of ether oxygens (including phenoxy) is 1. The maximum atomic E-state index is 14.2. The fourth-order valence-corrected chi connectivity index (χ4v) is 4.09. The molecule has 0 aliphatic heterocycles. The molecule has 1 aromatic rings. The Bertz CT molecular complexity index is 1000. The zero-order valence-electron chi connectivity index (χ0n) is 24.3. The van der Waals surface area contributed by atoms with Crippen molar-refractivity contribution in [3.8, 4) is 5.75 Å². The van der Waals surface area contributed by atoms with Crippen molar-refractivity contribution in [2.75, 3.05) is 0 Å². The normalized spacial score (nSPS) is 14.1. The Morgan fingerprint density at radius 3 is 2.18 bits per heavy atom. The van der Waals surface area contributed by atoms with Crippen molar-refractivity contribution >= 4 is 23.8 Å². The van der Waals surface area contributed by atoms with Gasteiger partial charge in [-0.2, -0.15) is 0 Å². The number of aryl methyl sites for hydroxylation is 1. The molecule has 10 heteroatoms. The first-order valence-corrected chi connectivity index (χ1v) is 13.1. The third-order valence-electron chi connectivity index (χ3n) is 6.33. The summed E-state index contributed by atoms with van der Waals surface area (Å²) < 4.78 is 5.31. The maximum Gasteiger partial charge on any atom is 0.408 e. The van der Waals surface area contributed by atoms with Crippen LogP contribution < -0.4 is 16.4 Å². The van der Waals surface area contributed by atoms with Crippen molar-refractivity contribution in [1.82, 2.24) is 15.5 Å². The number of alkyl carbamates (subject to hydrolysis) is 1. The average molecular weight is 535 g/mol. The van der Waals surface area contributed by atoms with E-state index in [-0.39, 0.29) is 17.4 Å². The van der Waals surface area contributed by atoms with Crippen LogP contribution >= 0.6 is 0 Å². The number of benzene rings is 1. The molecular formula is C28H46N4O6. The van der Waals surface area contributed by atoms with Gasteiger partial charge in [-0.05, 0) is 66.9 Å². The minimum atomic E-state index is -1.40. The Kier molecular flexibility index (Phi) is 11.6. The van der Waals surface area contributed by atoms with Gasteiger partial charge in [0.05, 0.1) is 6.42 Å². The second kappa shape index (κ2) is 13.5. The highest BCUT2D eigenvalue weighted by atomic mass is 16.6. The van der Waals surface area contributed by atoms with E-state index in [9.17, 15) is 24.3 Å². The maximum absolute atomic E-state index is 14.2. The number of para-hydroxylation sites is 1. The van der Waals surface area contributed by atoms with Crippen LogP contribution in [-0.2, 0) is 19.1 Å². The van der Waals surface area contributed by atoms with E-state index in [1.54, 1.807) is 59.7 Å². The number of nitrogens with two attached hydrogens (primary N) is 1. The molecule has 3 unspecified atom stereocenters. The molecule has 0 aromatic heterocycles. The summed E-state index contributed by atoms with van der Waals surface area (Å²) in [5.74, 6) is -2.13. The van der Waals surface area contributed by atoms with E-state index in [1.807, 2.05) is 20.8 Å². The van der Waals surface area contributed by atoms with Gasteiger partial charge in [-0.25, -0.2) is 4.79 Å². The van der Waals surface area contributed by atoms with Crippen molar-refractivity contribution in [1.29, 1.82) is 0 Å². The Hall–Kier alpha value is -3.30. The number of hydrogen-bond donors (Lipinski definition) is 4. The van der Waals surface area contributed by atoms with Crippen molar-refractivity contribution in [3.63, 3.8) is 0 Å². The van der Waals surface area contributed by atoms with Gasteiger partial charge in [0.1, 0.15) is 23.4 Å². The summed E-state index contributed by atoms with van der Waals surface area (Å²) in [5.41, 5.74) is 4.42. The van der Waals surface area contributed by atoms with E-state index >= 15 is 0 Å². The molecule has 0 saturated heterocycles. The van der Waals surface area contributed by atoms with Gasteiger partial charge in [-0.1, -0.05) is 38.5 Å². The number of aromatic hydroxyl groups is 1. The molecule has 1 aromatic carbocycles. The standard InChI is InChI=1S/C28H46N4O6/c1-10-13-18(4)30-24(35)22(19-15-12-14-17(3)23(19)34)32(28(8,9)11-2)25(36)20(16-21(29)33)31-26(37)38-27(5,6)7/h12,14-15,18,20,22,34H,10-11,13,16H2,1-9H3,(H2,29,33)(H,30,35)(H,31,37). The molecule has 0 aliphatic carbocycles. The van der Waals surface area contributed by atoms with Crippen molar-refractivity contribution in [2.24, 2.45) is 5.73 Å². The molecule has 0 fully saturated rings. The lowest BCUT2D eigenvalue weighted by molar-refractivity contribution is -0.150. The van der Waals surface area contributed by atoms with Crippen LogP contribution in [0.15, 0.2) is 18.2 Å². The predicted octanol–water partition coefficient (Wildman–Crippen LogP) is 3.83. The third-order valence-corrected chi connectivity index (χ3v) is 6.33. The Morgan fingerprint density at radius 1 is 1.08 bits per heavy atom. The molecule has 0 spiro atoms. The Morgan fingerprint density at radius 2 is 1.68 bits per heavy atom. The summed E-state index contributed by atoms with van der Waals surface area (Å²) in [6.07, 6.45) is 0.575. The monoisotopic (exact) mass is 534 g/mol. The summed E-state index contributed by atoms with van der Waals surface area (Å²) in [6.45, 7) is 16.0. The number of rotatable bonds is 12. The number of amides is 4. The summed E-state index contributed by atoms with van der Waals surface area (Å²) in [7, 11) is 0. The quantitative estimate of drug-likeness (QED) is 0.320. The van der Waals surface area contributed by atoms with Crippen molar-refractivity contribution in [2.45, 2.75) is 117 Å². The highest BCUT2D eigenvalue weighted by molar-refractivity contribution is 5.95. The van der Waals surface area contributed by atoms with Gasteiger partial charge < -0.3 is 31.1 Å². The molecule has 0 saturated carbocycles. The van der Waals surface area contributed by atoms with E-state index < -0.39 is 53.5 Å². The van der Waals surface area contributed by atoms with Crippen LogP contribution in [-0.4, -0.2) is 57.0 Å². The molecule has 5 N–H and O–H groups in total. The minimum Gasteiger partial charge on any atom is -0.507 e. The zero-order chi connectivity index (χ0) is 29.4. The van der Waals surface area contributed by atoms with E-state index in [2.05, 4.69) is 10.6 Å². The molecule has 10 nitrogen and oxygen atoms in total. The van der Waals surface area contributed by atoms with Gasteiger partial charge in [0.2, 0.25) is 17.7 Å². The highest BCUT2D eigenvalue weighted by Crippen LogP contribution is 2.37. The third kappa shape index (κ3) is 9.22. The van der Waals surface area contributed by atoms with Gasteiger partial charge in [-0.3, -0.25) is 14.4 Å². The van der Waals surface area contributed by atoms with E-state index in [0.29, 0.717) is 18.4 Å². The number of hydrogen-bond acceptors (Lipinski definition) is 6. The topological polar surface area (TPSA) is 151 Å². The van der Waals surface area contributed by atoms with Crippen LogP contribution in [0.4, 0.5) is 4.79 Å². The average Bonchev–Trinajstić information content (AvgIpc) is 2.77. The smallest absolute Gasteiger partial charge is 0.408 e. The second-order valence-corrected chi connectivity index (χ2v) is 11.4. The van der Waals surface area contributed by atoms with Crippen LogP contribution in [0.2, 0.25) is 0 Å². The number of nitrogens with zero attached hydrogens (tertiary/aromatic N) is 1. The number of phenols is 1. The fraction of sp³-hybridized carbons (Fsp3) is 0.643. The molecule has 1 rings (SSSR count). The summed E-state index contributed by atoms with van der Waals surface area (Å²) in [5, 5.41) is 16.4. The van der Waals surface area contributed by atoms with Gasteiger partial charge in [-0.15, -0.1) is 0 Å². The lowest BCUT2D eigenvalue weighted by Crippen LogP contribution is -2.60. The van der Waals surface area contributed by atoms with Gasteiger partial charge in [0.25, 0.3) is 0 Å². The van der Waals surface area contributed by atoms with Crippen LogP contribution in [0.3, 0.4) is 0 Å². The summed E-state index contributed by atoms with van der Waals surface area (Å²) in [6, 6.07) is 2.14. The first-order valence-electron chi connectivity index (χ1n) is 13.1. The number of phenolic OH excluding ortho intramolecular Hbond substituents is 1. The van der Waals surface area contributed by atoms with E-state index in [4.69, 9.17) is 10.5 Å². The van der Waals surface area contributed by atoms with Crippen LogP contribution in [0, 0.1) is 6.92 Å². The summed E-state index contributed by atoms with van der Waals surface area (Å²) in [4.78, 5) is 53.9. The van der Waals surface area contributed by atoms with Gasteiger partial charge in [0.15, 0.2) is 0 Å². The number of nitrogens with one attached hydrogen (secondary N) is 2. The Balaban J connectivity index is 3.75. The highest BCUT2D eigenvalue weighted by Gasteiger charge is 2.44. The molecule has 38 heavy (non-hydrogen) atoms. The van der Waals surface area contributed by atoms with Crippen LogP contribution in [0.25, 0.3) is 0 Å². The first-order chi connectivity index (χ1) is 17.4. The van der Waals surface area contributed by atoms with E-state index in [1.165, 1.54) is 4.90 Å². The number of primary amides is 1. The van der Waals surface area contributed by atoms with E-state index in [0.717, 1.165) is 6.42 Å².